The Balaban J connectivity index is 2.25. The van der Waals surface area contributed by atoms with Crippen LogP contribution in [0.3, 0.4) is 0 Å². The third-order valence-electron chi connectivity index (χ3n) is 4.50. The van der Waals surface area contributed by atoms with Crippen LogP contribution in [0.5, 0.6) is 0 Å². The average Bonchev–Trinajstić information content (AvgIpc) is 2.49. The Kier molecular flexibility index (Phi) is 6.18. The number of carbonyl (C=O) groups is 3. The molecule has 2 bridgehead atoms. The zero-order valence-electron chi connectivity index (χ0n) is 17.8. The van der Waals surface area contributed by atoms with Crippen molar-refractivity contribution in [3.05, 3.63) is 0 Å². The Morgan fingerprint density at radius 1 is 0.964 bits per heavy atom. The van der Waals surface area contributed by atoms with E-state index < -0.39 is 47.0 Å². The standard InChI is InChI=1S/C19H32N2O7/c1-17(2,3)27-15(23)20-19(14(22)25-7)8-12-10-26-11-13(9-19)21(12)16(24)28-18(4,5)6/h12-13H,8-11H2,1-7H3,(H,20,23). The monoisotopic (exact) mass is 400 g/mol. The fourth-order valence-electron chi connectivity index (χ4n) is 3.63. The summed E-state index contributed by atoms with van der Waals surface area (Å²) < 4.78 is 21.4. The Bertz CT molecular complexity index is 607. The van der Waals surface area contributed by atoms with Crippen molar-refractivity contribution in [1.29, 1.82) is 0 Å². The van der Waals surface area contributed by atoms with E-state index in [0.29, 0.717) is 0 Å². The normalized spacial score (nSPS) is 27.6. The lowest BCUT2D eigenvalue weighted by molar-refractivity contribution is -0.159. The molecular weight excluding hydrogens is 368 g/mol. The summed E-state index contributed by atoms with van der Waals surface area (Å²) in [5.41, 5.74) is -2.65. The van der Waals surface area contributed by atoms with E-state index in [2.05, 4.69) is 5.32 Å². The number of nitrogens with one attached hydrogen (secondary N) is 1. The van der Waals surface area contributed by atoms with Crippen LogP contribution in [0.4, 0.5) is 9.59 Å². The number of esters is 1. The van der Waals surface area contributed by atoms with Gasteiger partial charge < -0.3 is 24.3 Å². The first kappa shape index (κ1) is 22.3. The molecule has 0 aromatic carbocycles. The highest BCUT2D eigenvalue weighted by Gasteiger charge is 2.55. The highest BCUT2D eigenvalue weighted by atomic mass is 16.6. The first-order valence-corrected chi connectivity index (χ1v) is 9.45. The number of alkyl carbamates (subject to hydrolysis) is 1. The molecule has 9 heteroatoms. The lowest BCUT2D eigenvalue weighted by Gasteiger charge is -2.51. The van der Waals surface area contributed by atoms with Gasteiger partial charge in [0.25, 0.3) is 0 Å². The summed E-state index contributed by atoms with van der Waals surface area (Å²) in [7, 11) is 1.27. The van der Waals surface area contributed by atoms with Crippen molar-refractivity contribution < 1.29 is 33.3 Å². The second-order valence-corrected chi connectivity index (χ2v) is 9.34. The maximum absolute atomic E-state index is 12.7. The van der Waals surface area contributed by atoms with E-state index in [-0.39, 0.29) is 26.1 Å². The molecule has 2 saturated heterocycles. The summed E-state index contributed by atoms with van der Waals surface area (Å²) in [5, 5.41) is 2.71. The van der Waals surface area contributed by atoms with Gasteiger partial charge >= 0.3 is 18.2 Å². The van der Waals surface area contributed by atoms with Crippen LogP contribution in [0.15, 0.2) is 0 Å². The van der Waals surface area contributed by atoms with E-state index in [1.807, 2.05) is 0 Å². The van der Waals surface area contributed by atoms with Gasteiger partial charge in [-0.3, -0.25) is 4.90 Å². The number of morpholine rings is 1. The van der Waals surface area contributed by atoms with Crippen molar-refractivity contribution in [1.82, 2.24) is 10.2 Å². The van der Waals surface area contributed by atoms with Gasteiger partial charge in [0.2, 0.25) is 0 Å². The molecule has 2 rings (SSSR count). The third-order valence-corrected chi connectivity index (χ3v) is 4.50. The Labute approximate surface area is 166 Å². The molecule has 0 aromatic heterocycles. The van der Waals surface area contributed by atoms with Crippen molar-refractivity contribution >= 4 is 18.2 Å². The molecule has 2 unspecified atom stereocenters. The van der Waals surface area contributed by atoms with Crippen LogP contribution in [-0.4, -0.2) is 72.2 Å². The first-order valence-electron chi connectivity index (χ1n) is 9.45. The third kappa shape index (κ3) is 5.27. The molecule has 9 nitrogen and oxygen atoms in total. The molecule has 28 heavy (non-hydrogen) atoms. The highest BCUT2D eigenvalue weighted by molar-refractivity contribution is 5.86. The summed E-state index contributed by atoms with van der Waals surface area (Å²) in [6, 6.07) is -0.868. The van der Waals surface area contributed by atoms with Gasteiger partial charge in [-0.05, 0) is 41.5 Å². The number of fused-ring (bicyclic) bond motifs is 2. The molecule has 2 heterocycles. The fourth-order valence-corrected chi connectivity index (χ4v) is 3.63. The molecule has 2 aliphatic heterocycles. The van der Waals surface area contributed by atoms with Crippen LogP contribution in [-0.2, 0) is 23.7 Å². The number of amides is 2. The van der Waals surface area contributed by atoms with Crippen LogP contribution >= 0.6 is 0 Å². The molecule has 160 valence electrons. The quantitative estimate of drug-likeness (QED) is 0.560. The molecule has 0 radical (unpaired) electrons. The van der Waals surface area contributed by atoms with Crippen LogP contribution in [0.2, 0.25) is 0 Å². The largest absolute Gasteiger partial charge is 0.467 e. The van der Waals surface area contributed by atoms with E-state index in [4.69, 9.17) is 18.9 Å². The van der Waals surface area contributed by atoms with Crippen molar-refractivity contribution in [2.24, 2.45) is 0 Å². The smallest absolute Gasteiger partial charge is 0.410 e. The van der Waals surface area contributed by atoms with Gasteiger partial charge in [-0.25, -0.2) is 14.4 Å². The van der Waals surface area contributed by atoms with Crippen molar-refractivity contribution in [3.63, 3.8) is 0 Å². The van der Waals surface area contributed by atoms with Crippen molar-refractivity contribution in [2.45, 2.75) is 83.2 Å². The summed E-state index contributed by atoms with van der Waals surface area (Å²) in [6.45, 7) is 11.1. The van der Waals surface area contributed by atoms with Gasteiger partial charge in [0.15, 0.2) is 0 Å². The predicted octanol–water partition coefficient (Wildman–Crippen LogP) is 2.22. The zero-order chi connectivity index (χ0) is 21.3. The summed E-state index contributed by atoms with van der Waals surface area (Å²) >= 11 is 0. The number of nitrogens with zero attached hydrogens (tertiary/aromatic N) is 1. The second kappa shape index (κ2) is 7.77. The van der Waals surface area contributed by atoms with Crippen LogP contribution in [0.25, 0.3) is 0 Å². The van der Waals surface area contributed by atoms with Gasteiger partial charge in [0, 0.05) is 12.8 Å². The minimum atomic E-state index is -1.30. The van der Waals surface area contributed by atoms with Gasteiger partial charge in [-0.2, -0.15) is 0 Å². The fraction of sp³-hybridized carbons (Fsp3) is 0.842. The number of ether oxygens (including phenoxy) is 4. The van der Waals surface area contributed by atoms with Crippen molar-refractivity contribution in [2.75, 3.05) is 20.3 Å². The molecule has 0 aromatic rings. The molecule has 2 aliphatic rings. The number of rotatable bonds is 2. The molecule has 2 atom stereocenters. The highest BCUT2D eigenvalue weighted by Crippen LogP contribution is 2.36. The van der Waals surface area contributed by atoms with E-state index >= 15 is 0 Å². The summed E-state index contributed by atoms with van der Waals surface area (Å²) in [5.74, 6) is -0.570. The molecule has 1 N–H and O–H groups in total. The Morgan fingerprint density at radius 2 is 1.46 bits per heavy atom. The maximum Gasteiger partial charge on any atom is 0.410 e. The summed E-state index contributed by atoms with van der Waals surface area (Å²) in [6.07, 6.45) is -0.868. The number of hydrogen-bond acceptors (Lipinski definition) is 7. The number of carbonyl (C=O) groups excluding carboxylic acids is 3. The van der Waals surface area contributed by atoms with Gasteiger partial charge in [0.05, 0.1) is 32.4 Å². The molecule has 0 spiro atoms. The lowest BCUT2D eigenvalue weighted by atomic mass is 9.78. The molecule has 2 amide bonds. The Morgan fingerprint density at radius 3 is 1.89 bits per heavy atom. The Hall–Kier alpha value is -2.03. The average molecular weight is 400 g/mol. The second-order valence-electron chi connectivity index (χ2n) is 9.34. The van der Waals surface area contributed by atoms with Gasteiger partial charge in [-0.1, -0.05) is 0 Å². The molecule has 0 aliphatic carbocycles. The van der Waals surface area contributed by atoms with Crippen LogP contribution in [0.1, 0.15) is 54.4 Å². The molecule has 2 fully saturated rings. The first-order chi connectivity index (χ1) is 12.8. The van der Waals surface area contributed by atoms with Gasteiger partial charge in [0.1, 0.15) is 16.7 Å². The lowest BCUT2D eigenvalue weighted by Crippen LogP contribution is -2.70. The van der Waals surface area contributed by atoms with E-state index in [9.17, 15) is 14.4 Å². The maximum atomic E-state index is 12.7. The number of hydrogen-bond donors (Lipinski definition) is 1. The topological polar surface area (TPSA) is 103 Å². The number of methoxy groups -OCH3 is 1. The minimum Gasteiger partial charge on any atom is -0.467 e. The van der Waals surface area contributed by atoms with Gasteiger partial charge in [-0.15, -0.1) is 0 Å². The van der Waals surface area contributed by atoms with E-state index in [1.54, 1.807) is 46.4 Å². The summed E-state index contributed by atoms with van der Waals surface area (Å²) in [4.78, 5) is 39.4. The molecular formula is C19H32N2O7. The van der Waals surface area contributed by atoms with Crippen molar-refractivity contribution in [3.8, 4) is 0 Å². The molecule has 0 saturated carbocycles. The minimum absolute atomic E-state index is 0.147. The van der Waals surface area contributed by atoms with Crippen LogP contribution < -0.4 is 5.32 Å². The SMILES string of the molecule is COC(=O)C1(NC(=O)OC(C)(C)C)CC2COCC(C1)N2C(=O)OC(C)(C)C. The van der Waals surface area contributed by atoms with Crippen LogP contribution in [0, 0.1) is 0 Å². The van der Waals surface area contributed by atoms with E-state index in [0.717, 1.165) is 0 Å². The predicted molar refractivity (Wildman–Crippen MR) is 99.8 cm³/mol. The number of piperidine rings is 1. The van der Waals surface area contributed by atoms with E-state index in [1.165, 1.54) is 7.11 Å². The zero-order valence-corrected chi connectivity index (χ0v) is 17.8.